The summed E-state index contributed by atoms with van der Waals surface area (Å²) in [4.78, 5) is 0.0554. The molecule has 0 saturated carbocycles. The second-order valence-electron chi connectivity index (χ2n) is 8.06. The van der Waals surface area contributed by atoms with Crippen molar-refractivity contribution < 1.29 is 26.8 Å². The van der Waals surface area contributed by atoms with Gasteiger partial charge in [0, 0.05) is 27.6 Å². The number of rotatable bonds is 7. The summed E-state index contributed by atoms with van der Waals surface area (Å²) in [5.74, 6) is -0.0920. The molecule has 37 heavy (non-hydrogen) atoms. The fourth-order valence-electron chi connectivity index (χ4n) is 4.05. The van der Waals surface area contributed by atoms with Crippen LogP contribution < -0.4 is 9.47 Å². The van der Waals surface area contributed by atoms with E-state index in [-0.39, 0.29) is 16.5 Å². The maximum Gasteiger partial charge on any atom is 0.241 e. The van der Waals surface area contributed by atoms with Crippen molar-refractivity contribution in [2.24, 2.45) is 0 Å². The molecule has 0 unspecified atom stereocenters. The minimum Gasteiger partial charge on any atom is -0.496 e. The largest absolute Gasteiger partial charge is 0.496 e. The van der Waals surface area contributed by atoms with Gasteiger partial charge in [-0.2, -0.15) is 0 Å². The molecule has 0 atom stereocenters. The lowest BCUT2D eigenvalue weighted by atomic mass is 9.97. The summed E-state index contributed by atoms with van der Waals surface area (Å²) in [5.41, 5.74) is 2.83. The van der Waals surface area contributed by atoms with Gasteiger partial charge < -0.3 is 14.0 Å². The Balaban J connectivity index is 1.67. The molecular weight excluding hydrogens is 521 g/mol. The number of hydrogen-bond donors (Lipinski definition) is 0. The van der Waals surface area contributed by atoms with Gasteiger partial charge in [0.25, 0.3) is 0 Å². The van der Waals surface area contributed by atoms with Crippen molar-refractivity contribution in [3.8, 4) is 33.9 Å². The highest BCUT2D eigenvalue weighted by Gasteiger charge is 2.23. The molecule has 2 aromatic heterocycles. The average molecular weight is 540 g/mol. The Labute approximate surface area is 216 Å². The number of nitrogens with zero attached hydrogens (tertiary/aromatic N) is 3. The second-order valence-corrected chi connectivity index (χ2v) is 10.5. The molecule has 11 heteroatoms. The van der Waals surface area contributed by atoms with Gasteiger partial charge in [-0.1, -0.05) is 35.0 Å². The molecule has 3 aromatic carbocycles. The molecule has 188 valence electrons. The summed E-state index contributed by atoms with van der Waals surface area (Å²) in [5, 5.41) is 12.9. The van der Waals surface area contributed by atoms with Crippen molar-refractivity contribution in [2.75, 3.05) is 14.2 Å². The molecule has 0 radical (unpaired) electrons. The predicted octanol–water partition coefficient (Wildman–Crippen LogP) is 5.74. The molecule has 5 aromatic rings. The van der Waals surface area contributed by atoms with E-state index in [1.54, 1.807) is 30.3 Å². The number of benzene rings is 3. The zero-order valence-corrected chi connectivity index (χ0v) is 21.2. The van der Waals surface area contributed by atoms with Gasteiger partial charge in [-0.3, -0.25) is 0 Å². The quantitative estimate of drug-likeness (QED) is 0.258. The van der Waals surface area contributed by atoms with Crippen LogP contribution in [0.15, 0.2) is 76.3 Å². The molecule has 0 amide bonds. The molecule has 0 aliphatic rings. The fraction of sp³-hybridized carbons (Fsp3) is 0.115. The summed E-state index contributed by atoms with van der Waals surface area (Å²) in [6.45, 7) is 0. The molecule has 8 nitrogen and oxygen atoms in total. The number of ether oxygens (including phenoxy) is 2. The highest BCUT2D eigenvalue weighted by molar-refractivity contribution is 7.90. The van der Waals surface area contributed by atoms with Gasteiger partial charge in [-0.15, -0.1) is 10.2 Å². The standard InChI is InChI=1S/C26H19ClFN3O5S/c1-34-24-13-20(15-4-3-5-16(28)10-15)22(27)12-21(24)25-19-7-6-18(11-23(19)29-30-26(25)35-2)37(32,33)14-17-8-9-36-31-17/h3-13H,14H2,1-2H3. The highest BCUT2D eigenvalue weighted by atomic mass is 35.5. The molecule has 0 spiro atoms. The zero-order chi connectivity index (χ0) is 26.2. The summed E-state index contributed by atoms with van der Waals surface area (Å²) in [6, 6.07) is 15.5. The number of fused-ring (bicyclic) bond motifs is 1. The fourth-order valence-corrected chi connectivity index (χ4v) is 5.60. The van der Waals surface area contributed by atoms with Gasteiger partial charge in [0.05, 0.1) is 35.9 Å². The average Bonchev–Trinajstić information content (AvgIpc) is 3.39. The molecule has 0 fully saturated rings. The number of aromatic nitrogens is 3. The van der Waals surface area contributed by atoms with Crippen LogP contribution in [0.3, 0.4) is 0 Å². The molecule has 0 aliphatic carbocycles. The SMILES string of the molecule is COc1cc(-c2cccc(F)c2)c(Cl)cc1-c1c(OC)nnc2cc(S(=O)(=O)Cc3ccon3)ccc12. The van der Waals surface area contributed by atoms with Crippen molar-refractivity contribution in [3.05, 3.63) is 83.5 Å². The van der Waals surface area contributed by atoms with Crippen LogP contribution in [0.2, 0.25) is 5.02 Å². The first-order chi connectivity index (χ1) is 17.8. The van der Waals surface area contributed by atoms with E-state index < -0.39 is 15.7 Å². The van der Waals surface area contributed by atoms with Gasteiger partial charge in [0.1, 0.15) is 23.6 Å². The monoisotopic (exact) mass is 539 g/mol. The molecule has 0 saturated heterocycles. The summed E-state index contributed by atoms with van der Waals surface area (Å²) in [6.07, 6.45) is 1.31. The van der Waals surface area contributed by atoms with Gasteiger partial charge >= 0.3 is 0 Å². The second kappa shape index (κ2) is 9.79. The van der Waals surface area contributed by atoms with E-state index in [4.69, 9.17) is 25.6 Å². The Morgan fingerprint density at radius 1 is 0.973 bits per heavy atom. The molecule has 5 rings (SSSR count). The topological polar surface area (TPSA) is 104 Å². The van der Waals surface area contributed by atoms with Gasteiger partial charge in [0.2, 0.25) is 5.88 Å². The van der Waals surface area contributed by atoms with Crippen LogP contribution >= 0.6 is 11.6 Å². The van der Waals surface area contributed by atoms with E-state index >= 15 is 0 Å². The minimum absolute atomic E-state index is 0.0554. The summed E-state index contributed by atoms with van der Waals surface area (Å²) >= 11 is 6.65. The lowest BCUT2D eigenvalue weighted by Crippen LogP contribution is -2.06. The van der Waals surface area contributed by atoms with E-state index in [0.29, 0.717) is 49.6 Å². The van der Waals surface area contributed by atoms with Gasteiger partial charge in [-0.25, -0.2) is 12.8 Å². The first-order valence-corrected chi connectivity index (χ1v) is 12.9. The van der Waals surface area contributed by atoms with Crippen LogP contribution in [-0.2, 0) is 15.6 Å². The third-order valence-corrected chi connectivity index (χ3v) is 7.74. The van der Waals surface area contributed by atoms with Crippen molar-refractivity contribution >= 4 is 32.3 Å². The maximum atomic E-state index is 13.8. The third-order valence-electron chi connectivity index (χ3n) is 5.78. The van der Waals surface area contributed by atoms with E-state index in [1.165, 1.54) is 50.8 Å². The first-order valence-electron chi connectivity index (χ1n) is 10.9. The molecular formula is C26H19ClFN3O5S. The summed E-state index contributed by atoms with van der Waals surface area (Å²) in [7, 11) is -0.776. The van der Waals surface area contributed by atoms with Crippen molar-refractivity contribution in [1.82, 2.24) is 15.4 Å². The van der Waals surface area contributed by atoms with E-state index in [2.05, 4.69) is 15.4 Å². The van der Waals surface area contributed by atoms with E-state index in [0.717, 1.165) is 0 Å². The van der Waals surface area contributed by atoms with Crippen molar-refractivity contribution in [3.63, 3.8) is 0 Å². The van der Waals surface area contributed by atoms with Crippen LogP contribution in [-0.4, -0.2) is 38.0 Å². The van der Waals surface area contributed by atoms with Crippen LogP contribution in [0.5, 0.6) is 11.6 Å². The lowest BCUT2D eigenvalue weighted by Gasteiger charge is -2.16. The normalized spacial score (nSPS) is 11.6. The molecule has 2 heterocycles. The van der Waals surface area contributed by atoms with Gasteiger partial charge in [-0.05, 0) is 42.0 Å². The van der Waals surface area contributed by atoms with Crippen molar-refractivity contribution in [2.45, 2.75) is 10.6 Å². The number of sulfone groups is 1. The first kappa shape index (κ1) is 24.7. The predicted molar refractivity (Wildman–Crippen MR) is 136 cm³/mol. The van der Waals surface area contributed by atoms with Crippen molar-refractivity contribution in [1.29, 1.82) is 0 Å². The lowest BCUT2D eigenvalue weighted by molar-refractivity contribution is 0.393. The zero-order valence-electron chi connectivity index (χ0n) is 19.6. The van der Waals surface area contributed by atoms with E-state index in [9.17, 15) is 12.8 Å². The van der Waals surface area contributed by atoms with Crippen LogP contribution in [0.4, 0.5) is 4.39 Å². The highest BCUT2D eigenvalue weighted by Crippen LogP contribution is 2.44. The number of hydrogen-bond acceptors (Lipinski definition) is 8. The van der Waals surface area contributed by atoms with Gasteiger partial charge in [0.15, 0.2) is 9.84 Å². The Morgan fingerprint density at radius 3 is 2.51 bits per heavy atom. The van der Waals surface area contributed by atoms with Crippen LogP contribution in [0.1, 0.15) is 5.69 Å². The molecule has 0 aliphatic heterocycles. The van der Waals surface area contributed by atoms with E-state index in [1.807, 2.05) is 0 Å². The van der Waals surface area contributed by atoms with Crippen LogP contribution in [0.25, 0.3) is 33.2 Å². The third kappa shape index (κ3) is 4.73. The Hall–Kier alpha value is -4.02. The minimum atomic E-state index is -3.73. The Kier molecular flexibility index (Phi) is 6.53. The number of halogens is 2. The Morgan fingerprint density at radius 2 is 1.81 bits per heavy atom. The summed E-state index contributed by atoms with van der Waals surface area (Å²) < 4.78 is 55.6. The van der Waals surface area contributed by atoms with Crippen LogP contribution in [0, 0.1) is 5.82 Å². The molecule has 0 N–H and O–H groups in total. The smallest absolute Gasteiger partial charge is 0.241 e. The Bertz CT molecular complexity index is 1730. The number of methoxy groups -OCH3 is 2. The molecule has 0 bridgehead atoms. The maximum absolute atomic E-state index is 13.8.